The monoisotopic (exact) mass is 339 g/mol. The number of nitrogens with zero attached hydrogens (tertiary/aromatic N) is 2. The highest BCUT2D eigenvalue weighted by Crippen LogP contribution is 2.19. The highest BCUT2D eigenvalue weighted by Gasteiger charge is 2.27. The van der Waals surface area contributed by atoms with E-state index in [9.17, 15) is 13.2 Å². The molecule has 1 heterocycles. The molecule has 1 aromatic carbocycles. The van der Waals surface area contributed by atoms with Crippen LogP contribution in [0.4, 0.5) is 4.79 Å². The maximum absolute atomic E-state index is 12.4. The van der Waals surface area contributed by atoms with E-state index in [0.717, 1.165) is 5.56 Å². The molecule has 23 heavy (non-hydrogen) atoms. The van der Waals surface area contributed by atoms with E-state index >= 15 is 0 Å². The van der Waals surface area contributed by atoms with Gasteiger partial charge in [-0.1, -0.05) is 30.3 Å². The number of sulfonamides is 1. The van der Waals surface area contributed by atoms with Crippen LogP contribution in [0.1, 0.15) is 31.4 Å². The van der Waals surface area contributed by atoms with Crippen molar-refractivity contribution in [2.45, 2.75) is 31.8 Å². The molecule has 1 N–H and O–H groups in total. The zero-order chi connectivity index (χ0) is 17.0. The molecule has 128 valence electrons. The van der Waals surface area contributed by atoms with E-state index in [-0.39, 0.29) is 18.1 Å². The van der Waals surface area contributed by atoms with Crippen molar-refractivity contribution in [3.63, 3.8) is 0 Å². The van der Waals surface area contributed by atoms with E-state index in [1.54, 1.807) is 11.9 Å². The third kappa shape index (κ3) is 4.68. The Bertz CT molecular complexity index is 625. The summed E-state index contributed by atoms with van der Waals surface area (Å²) in [5.74, 6) is 0. The number of rotatable bonds is 4. The van der Waals surface area contributed by atoms with Gasteiger partial charge in [0.05, 0.1) is 12.3 Å². The van der Waals surface area contributed by atoms with Crippen LogP contribution in [0.25, 0.3) is 0 Å². The van der Waals surface area contributed by atoms with Crippen LogP contribution in [0.2, 0.25) is 0 Å². The number of hydrogen-bond acceptors (Lipinski definition) is 3. The van der Waals surface area contributed by atoms with Crippen LogP contribution in [0.15, 0.2) is 30.3 Å². The van der Waals surface area contributed by atoms with Crippen molar-refractivity contribution >= 4 is 16.1 Å². The van der Waals surface area contributed by atoms with Crippen LogP contribution in [-0.4, -0.2) is 56.1 Å². The van der Waals surface area contributed by atoms with Crippen molar-refractivity contribution in [2.75, 3.05) is 26.4 Å². The second-order valence-electron chi connectivity index (χ2n) is 6.08. The SMILES string of the molecule is CC(c1ccccc1)N(C)C(=O)NC1CCN(S(C)(=O)=O)CC1. The Morgan fingerprint density at radius 1 is 1.26 bits per heavy atom. The van der Waals surface area contributed by atoms with Crippen LogP contribution < -0.4 is 5.32 Å². The average Bonchev–Trinajstić information content (AvgIpc) is 2.54. The van der Waals surface area contributed by atoms with E-state index in [2.05, 4.69) is 5.32 Å². The van der Waals surface area contributed by atoms with Gasteiger partial charge < -0.3 is 10.2 Å². The Kier molecular flexibility index (Phi) is 5.64. The molecule has 0 bridgehead atoms. The smallest absolute Gasteiger partial charge is 0.317 e. The number of piperidine rings is 1. The summed E-state index contributed by atoms with van der Waals surface area (Å²) in [7, 11) is -1.36. The number of amides is 2. The standard InChI is InChI=1S/C16H25N3O3S/c1-13(14-7-5-4-6-8-14)18(2)16(20)17-15-9-11-19(12-10-15)23(3,21)22/h4-8,13,15H,9-12H2,1-3H3,(H,17,20). The van der Waals surface area contributed by atoms with Gasteiger partial charge >= 0.3 is 6.03 Å². The van der Waals surface area contributed by atoms with Gasteiger partial charge in [0.1, 0.15) is 0 Å². The molecule has 2 rings (SSSR count). The maximum atomic E-state index is 12.4. The molecule has 2 amide bonds. The largest absolute Gasteiger partial charge is 0.335 e. The lowest BCUT2D eigenvalue weighted by atomic mass is 10.1. The van der Waals surface area contributed by atoms with E-state index < -0.39 is 10.0 Å². The van der Waals surface area contributed by atoms with Gasteiger partial charge in [-0.2, -0.15) is 0 Å². The van der Waals surface area contributed by atoms with Crippen LogP contribution in [0.5, 0.6) is 0 Å². The predicted octanol–water partition coefficient (Wildman–Crippen LogP) is 1.81. The van der Waals surface area contributed by atoms with Crippen molar-refractivity contribution in [1.82, 2.24) is 14.5 Å². The molecule has 6 nitrogen and oxygen atoms in total. The highest BCUT2D eigenvalue weighted by atomic mass is 32.2. The summed E-state index contributed by atoms with van der Waals surface area (Å²) in [6.07, 6.45) is 2.51. The normalized spacial score (nSPS) is 18.4. The first kappa shape index (κ1) is 17.7. The minimum Gasteiger partial charge on any atom is -0.335 e. The third-order valence-corrected chi connectivity index (χ3v) is 5.74. The lowest BCUT2D eigenvalue weighted by Gasteiger charge is -2.33. The molecule has 0 spiro atoms. The fraction of sp³-hybridized carbons (Fsp3) is 0.562. The topological polar surface area (TPSA) is 69.7 Å². The molecule has 0 saturated carbocycles. The lowest BCUT2D eigenvalue weighted by molar-refractivity contribution is 0.184. The number of benzene rings is 1. The molecule has 1 aliphatic rings. The molecule has 1 saturated heterocycles. The molecule has 1 unspecified atom stereocenters. The molecule has 1 aromatic rings. The second kappa shape index (κ2) is 7.31. The Labute approximate surface area is 138 Å². The van der Waals surface area contributed by atoms with Crippen LogP contribution >= 0.6 is 0 Å². The van der Waals surface area contributed by atoms with Crippen molar-refractivity contribution in [1.29, 1.82) is 0 Å². The van der Waals surface area contributed by atoms with Gasteiger partial charge in [0.25, 0.3) is 0 Å². The molecular formula is C16H25N3O3S. The van der Waals surface area contributed by atoms with Crippen molar-refractivity contribution in [3.05, 3.63) is 35.9 Å². The maximum Gasteiger partial charge on any atom is 0.317 e. The molecular weight excluding hydrogens is 314 g/mol. The lowest BCUT2D eigenvalue weighted by Crippen LogP contribution is -2.49. The van der Waals surface area contributed by atoms with Crippen molar-refractivity contribution < 1.29 is 13.2 Å². The van der Waals surface area contributed by atoms with Crippen molar-refractivity contribution in [3.8, 4) is 0 Å². The van der Waals surface area contributed by atoms with E-state index in [1.807, 2.05) is 37.3 Å². The first-order valence-corrected chi connectivity index (χ1v) is 9.67. The van der Waals surface area contributed by atoms with Gasteiger partial charge in [-0.25, -0.2) is 17.5 Å². The number of nitrogens with one attached hydrogen (secondary N) is 1. The summed E-state index contributed by atoms with van der Waals surface area (Å²) in [6.45, 7) is 2.91. The fourth-order valence-corrected chi connectivity index (χ4v) is 3.61. The number of carbonyl (C=O) groups excluding carboxylic acids is 1. The van der Waals surface area contributed by atoms with Gasteiger partial charge in [0.2, 0.25) is 10.0 Å². The Hall–Kier alpha value is -1.60. The summed E-state index contributed by atoms with van der Waals surface area (Å²) >= 11 is 0. The fourth-order valence-electron chi connectivity index (χ4n) is 2.74. The minimum atomic E-state index is -3.13. The summed E-state index contributed by atoms with van der Waals surface area (Å²) in [5.41, 5.74) is 1.08. The highest BCUT2D eigenvalue weighted by molar-refractivity contribution is 7.88. The summed E-state index contributed by atoms with van der Waals surface area (Å²) in [6, 6.07) is 9.73. The quantitative estimate of drug-likeness (QED) is 0.909. The van der Waals surface area contributed by atoms with Gasteiger partial charge in [-0.3, -0.25) is 0 Å². The zero-order valence-electron chi connectivity index (χ0n) is 13.9. The van der Waals surface area contributed by atoms with Gasteiger partial charge in [-0.15, -0.1) is 0 Å². The molecule has 1 fully saturated rings. The molecule has 1 aliphatic heterocycles. The Balaban J connectivity index is 1.88. The average molecular weight is 339 g/mol. The van der Waals surface area contributed by atoms with Crippen LogP contribution in [0, 0.1) is 0 Å². The molecule has 0 radical (unpaired) electrons. The summed E-state index contributed by atoms with van der Waals surface area (Å²) < 4.78 is 24.5. The number of hydrogen-bond donors (Lipinski definition) is 1. The van der Waals surface area contributed by atoms with Crippen LogP contribution in [0.3, 0.4) is 0 Å². The molecule has 7 heteroatoms. The number of carbonyl (C=O) groups is 1. The van der Waals surface area contributed by atoms with Gasteiger partial charge in [0.15, 0.2) is 0 Å². The zero-order valence-corrected chi connectivity index (χ0v) is 14.7. The van der Waals surface area contributed by atoms with Crippen molar-refractivity contribution in [2.24, 2.45) is 0 Å². The van der Waals surface area contributed by atoms with E-state index in [1.165, 1.54) is 10.6 Å². The first-order chi connectivity index (χ1) is 10.8. The molecule has 0 aromatic heterocycles. The van der Waals surface area contributed by atoms with Crippen LogP contribution in [-0.2, 0) is 10.0 Å². The van der Waals surface area contributed by atoms with E-state index in [0.29, 0.717) is 25.9 Å². The summed E-state index contributed by atoms with van der Waals surface area (Å²) in [5, 5.41) is 3.01. The molecule has 1 atom stereocenters. The summed E-state index contributed by atoms with van der Waals surface area (Å²) in [4.78, 5) is 14.1. The minimum absolute atomic E-state index is 0.0194. The Morgan fingerprint density at radius 3 is 2.35 bits per heavy atom. The number of urea groups is 1. The van der Waals surface area contributed by atoms with Gasteiger partial charge in [0, 0.05) is 26.2 Å². The van der Waals surface area contributed by atoms with E-state index in [4.69, 9.17) is 0 Å². The second-order valence-corrected chi connectivity index (χ2v) is 8.07. The predicted molar refractivity (Wildman–Crippen MR) is 90.6 cm³/mol. The van der Waals surface area contributed by atoms with Gasteiger partial charge in [-0.05, 0) is 25.3 Å². The third-order valence-electron chi connectivity index (χ3n) is 4.43. The molecule has 0 aliphatic carbocycles. The first-order valence-electron chi connectivity index (χ1n) is 7.82. The Morgan fingerprint density at radius 2 is 1.83 bits per heavy atom.